The summed E-state index contributed by atoms with van der Waals surface area (Å²) in [6.45, 7) is 0. The summed E-state index contributed by atoms with van der Waals surface area (Å²) in [5, 5.41) is 11.2. The van der Waals surface area contributed by atoms with Crippen LogP contribution < -0.4 is 9.64 Å². The maximum atomic E-state index is 14.0. The lowest BCUT2D eigenvalue weighted by Gasteiger charge is -2.23. The third-order valence-electron chi connectivity index (χ3n) is 5.49. The molecule has 2 N–H and O–H groups in total. The molecule has 0 bridgehead atoms. The van der Waals surface area contributed by atoms with E-state index in [0.717, 1.165) is 6.07 Å². The van der Waals surface area contributed by atoms with Crippen molar-refractivity contribution in [3.63, 3.8) is 0 Å². The number of imidazole rings is 1. The number of methoxy groups -OCH3 is 1. The van der Waals surface area contributed by atoms with Gasteiger partial charge in [0.05, 0.1) is 35.3 Å². The first-order valence-corrected chi connectivity index (χ1v) is 9.99. The number of pyridine rings is 1. The molecule has 3 heterocycles. The number of ether oxygens (including phenoxy) is 1. The van der Waals surface area contributed by atoms with Crippen LogP contribution in [0.25, 0.3) is 16.8 Å². The number of carbonyl (C=O) groups excluding carboxylic acids is 2. The fraction of sp³-hybridized carbons (Fsp3) is 0.0833. The number of para-hydroxylation sites is 2. The van der Waals surface area contributed by atoms with Gasteiger partial charge in [-0.05, 0) is 48.0 Å². The number of benzene rings is 2. The van der Waals surface area contributed by atoms with E-state index in [1.54, 1.807) is 30.3 Å². The smallest absolute Gasteiger partial charge is 0.302 e. The van der Waals surface area contributed by atoms with Gasteiger partial charge in [0.2, 0.25) is 5.95 Å². The molecule has 0 aliphatic carbocycles. The minimum absolute atomic E-state index is 0.0424. The van der Waals surface area contributed by atoms with Crippen molar-refractivity contribution in [1.29, 1.82) is 0 Å². The monoisotopic (exact) mass is 444 g/mol. The number of amides is 1. The molecule has 1 aliphatic rings. The van der Waals surface area contributed by atoms with Gasteiger partial charge < -0.3 is 14.8 Å². The van der Waals surface area contributed by atoms with Gasteiger partial charge in [0, 0.05) is 12.4 Å². The Kier molecular flexibility index (Phi) is 4.86. The predicted octanol–water partition coefficient (Wildman–Crippen LogP) is 3.73. The number of aromatic nitrogens is 3. The SMILES string of the molecule is COc1ccc(F)cc1/C(O)=C1\C(=O)C(=O)N(c2nc3ccccc3[nH]2)C1c1ccncc1. The van der Waals surface area contributed by atoms with Crippen molar-refractivity contribution in [3.8, 4) is 5.75 Å². The number of halogens is 1. The number of anilines is 1. The van der Waals surface area contributed by atoms with Crippen LogP contribution in [-0.4, -0.2) is 38.9 Å². The third-order valence-corrected chi connectivity index (χ3v) is 5.49. The van der Waals surface area contributed by atoms with Crippen molar-refractivity contribution in [2.24, 2.45) is 0 Å². The number of Topliss-reactive ketones (excluding diaryl/α,β-unsaturated/α-hetero) is 1. The van der Waals surface area contributed by atoms with E-state index in [1.807, 2.05) is 6.07 Å². The summed E-state index contributed by atoms with van der Waals surface area (Å²) >= 11 is 0. The molecule has 0 radical (unpaired) electrons. The van der Waals surface area contributed by atoms with E-state index < -0.39 is 29.3 Å². The van der Waals surface area contributed by atoms with E-state index in [4.69, 9.17) is 4.74 Å². The zero-order valence-electron chi connectivity index (χ0n) is 17.3. The van der Waals surface area contributed by atoms with E-state index in [0.29, 0.717) is 16.6 Å². The zero-order valence-corrected chi connectivity index (χ0v) is 17.3. The molecule has 1 unspecified atom stereocenters. The molecule has 2 aromatic heterocycles. The van der Waals surface area contributed by atoms with Crippen molar-refractivity contribution in [1.82, 2.24) is 15.0 Å². The average Bonchev–Trinajstić information content (AvgIpc) is 3.37. The lowest BCUT2D eigenvalue weighted by molar-refractivity contribution is -0.132. The number of fused-ring (bicyclic) bond motifs is 1. The summed E-state index contributed by atoms with van der Waals surface area (Å²) in [5.41, 5.74) is 1.54. The second-order valence-corrected chi connectivity index (χ2v) is 7.37. The fourth-order valence-electron chi connectivity index (χ4n) is 3.98. The van der Waals surface area contributed by atoms with Gasteiger partial charge in [-0.3, -0.25) is 19.5 Å². The second-order valence-electron chi connectivity index (χ2n) is 7.37. The number of aliphatic hydroxyl groups excluding tert-OH is 1. The number of hydrogen-bond donors (Lipinski definition) is 2. The molecule has 1 aliphatic heterocycles. The summed E-state index contributed by atoms with van der Waals surface area (Å²) in [6, 6.07) is 13.0. The third kappa shape index (κ3) is 3.30. The fourth-order valence-corrected chi connectivity index (χ4v) is 3.98. The number of nitrogens with zero attached hydrogens (tertiary/aromatic N) is 3. The highest BCUT2D eigenvalue weighted by Gasteiger charge is 2.48. The van der Waals surface area contributed by atoms with Gasteiger partial charge in [0.1, 0.15) is 17.3 Å². The van der Waals surface area contributed by atoms with Gasteiger partial charge in [-0.2, -0.15) is 0 Å². The first-order valence-electron chi connectivity index (χ1n) is 9.99. The molecule has 5 rings (SSSR count). The normalized spacial score (nSPS) is 17.6. The van der Waals surface area contributed by atoms with Crippen LogP contribution in [0, 0.1) is 5.82 Å². The minimum atomic E-state index is -1.03. The highest BCUT2D eigenvalue weighted by molar-refractivity contribution is 6.51. The molecule has 0 spiro atoms. The van der Waals surface area contributed by atoms with Crippen molar-refractivity contribution in [2.45, 2.75) is 6.04 Å². The van der Waals surface area contributed by atoms with Crippen LogP contribution in [0.15, 0.2) is 72.6 Å². The molecular formula is C24H17FN4O4. The van der Waals surface area contributed by atoms with Crippen molar-refractivity contribution in [2.75, 3.05) is 12.0 Å². The number of H-pyrrole nitrogens is 1. The summed E-state index contributed by atoms with van der Waals surface area (Å²) < 4.78 is 19.2. The highest BCUT2D eigenvalue weighted by Crippen LogP contribution is 2.42. The standard InChI is InChI=1S/C24H17FN4O4/c1-33-18-7-6-14(25)12-15(18)21(30)19-20(13-8-10-26-11-9-13)29(23(32)22(19)31)24-27-16-4-2-3-5-17(16)28-24/h2-12,20,30H,1H3,(H,27,28)/b21-19+. The van der Waals surface area contributed by atoms with Crippen LogP contribution in [0.1, 0.15) is 17.2 Å². The summed E-state index contributed by atoms with van der Waals surface area (Å²) in [4.78, 5) is 39.1. The topological polar surface area (TPSA) is 108 Å². The lowest BCUT2D eigenvalue weighted by atomic mass is 9.95. The van der Waals surface area contributed by atoms with E-state index >= 15 is 0 Å². The van der Waals surface area contributed by atoms with Crippen molar-refractivity contribution >= 4 is 34.4 Å². The molecular weight excluding hydrogens is 427 g/mol. The van der Waals surface area contributed by atoms with Crippen LogP contribution in [0.5, 0.6) is 5.75 Å². The second kappa shape index (κ2) is 7.86. The van der Waals surface area contributed by atoms with Crippen LogP contribution in [0.3, 0.4) is 0 Å². The summed E-state index contributed by atoms with van der Waals surface area (Å²) in [5.74, 6) is -2.70. The molecule has 4 aromatic rings. The van der Waals surface area contributed by atoms with Gasteiger partial charge in [0.15, 0.2) is 0 Å². The Morgan fingerprint density at radius 1 is 1.12 bits per heavy atom. The predicted molar refractivity (Wildman–Crippen MR) is 118 cm³/mol. The molecule has 1 atom stereocenters. The Labute approximate surface area is 187 Å². The summed E-state index contributed by atoms with van der Waals surface area (Å²) in [6.07, 6.45) is 3.02. The van der Waals surface area contributed by atoms with E-state index in [-0.39, 0.29) is 22.8 Å². The molecule has 0 saturated carbocycles. The number of aromatic amines is 1. The number of hydrogen-bond acceptors (Lipinski definition) is 6. The Morgan fingerprint density at radius 2 is 1.88 bits per heavy atom. The molecule has 33 heavy (non-hydrogen) atoms. The van der Waals surface area contributed by atoms with Gasteiger partial charge in [-0.25, -0.2) is 9.37 Å². The quantitative estimate of drug-likeness (QED) is 0.282. The van der Waals surface area contributed by atoms with Crippen LogP contribution in [0.4, 0.5) is 10.3 Å². The maximum Gasteiger partial charge on any atom is 0.302 e. The molecule has 8 nitrogen and oxygen atoms in total. The Morgan fingerprint density at radius 3 is 2.61 bits per heavy atom. The summed E-state index contributed by atoms with van der Waals surface area (Å²) in [7, 11) is 1.36. The number of carbonyl (C=O) groups is 2. The molecule has 1 fully saturated rings. The first kappa shape index (κ1) is 20.4. The van der Waals surface area contributed by atoms with E-state index in [9.17, 15) is 19.1 Å². The number of aliphatic hydroxyl groups is 1. The van der Waals surface area contributed by atoms with Gasteiger partial charge >= 0.3 is 5.91 Å². The molecule has 164 valence electrons. The maximum absolute atomic E-state index is 14.0. The van der Waals surface area contributed by atoms with E-state index in [1.165, 1.54) is 36.5 Å². The van der Waals surface area contributed by atoms with Gasteiger partial charge in [-0.15, -0.1) is 0 Å². The molecule has 1 saturated heterocycles. The number of rotatable bonds is 4. The molecule has 9 heteroatoms. The molecule has 1 amide bonds. The zero-order chi connectivity index (χ0) is 23.1. The first-order chi connectivity index (χ1) is 16.0. The Bertz CT molecular complexity index is 1400. The minimum Gasteiger partial charge on any atom is -0.507 e. The number of ketones is 1. The Balaban J connectivity index is 1.76. The Hall–Kier alpha value is -4.53. The largest absolute Gasteiger partial charge is 0.507 e. The van der Waals surface area contributed by atoms with Crippen LogP contribution in [-0.2, 0) is 9.59 Å². The average molecular weight is 444 g/mol. The lowest BCUT2D eigenvalue weighted by Crippen LogP contribution is -2.30. The van der Waals surface area contributed by atoms with Crippen LogP contribution >= 0.6 is 0 Å². The van der Waals surface area contributed by atoms with Crippen LogP contribution in [0.2, 0.25) is 0 Å². The number of nitrogens with one attached hydrogen (secondary N) is 1. The highest BCUT2D eigenvalue weighted by atomic mass is 19.1. The van der Waals surface area contributed by atoms with Crippen molar-refractivity contribution < 1.29 is 23.8 Å². The van der Waals surface area contributed by atoms with E-state index in [2.05, 4.69) is 15.0 Å². The van der Waals surface area contributed by atoms with Crippen molar-refractivity contribution in [3.05, 3.63) is 89.5 Å². The molecule has 2 aromatic carbocycles. The van der Waals surface area contributed by atoms with Gasteiger partial charge in [0.25, 0.3) is 5.78 Å². The van der Waals surface area contributed by atoms with Gasteiger partial charge in [-0.1, -0.05) is 12.1 Å².